The van der Waals surface area contributed by atoms with E-state index in [1.54, 1.807) is 12.1 Å². The quantitative estimate of drug-likeness (QED) is 0.830. The maximum atomic E-state index is 12.9. The molecule has 0 spiro atoms. The number of hydrogen-bond donors (Lipinski definition) is 1. The van der Waals surface area contributed by atoms with Gasteiger partial charge in [0.1, 0.15) is 11.5 Å². The molecule has 2 rings (SSSR count). The second-order valence-corrected chi connectivity index (χ2v) is 5.12. The van der Waals surface area contributed by atoms with Gasteiger partial charge >= 0.3 is 5.97 Å². The van der Waals surface area contributed by atoms with E-state index in [0.29, 0.717) is 5.75 Å². The zero-order valence-corrected chi connectivity index (χ0v) is 11.4. The largest absolute Gasteiger partial charge is 0.476 e. The van der Waals surface area contributed by atoms with Gasteiger partial charge in [-0.1, -0.05) is 5.21 Å². The molecular formula is C12H10F3N3O2S. The van der Waals surface area contributed by atoms with Crippen LogP contribution in [-0.4, -0.2) is 31.8 Å². The van der Waals surface area contributed by atoms with E-state index < -0.39 is 23.8 Å². The molecule has 0 atom stereocenters. The molecule has 1 aromatic heterocycles. The van der Waals surface area contributed by atoms with Gasteiger partial charge in [0.15, 0.2) is 5.69 Å². The molecular weight excluding hydrogens is 307 g/mol. The highest BCUT2D eigenvalue weighted by molar-refractivity contribution is 7.99. The highest BCUT2D eigenvalue weighted by Gasteiger charge is 2.25. The van der Waals surface area contributed by atoms with Crippen molar-refractivity contribution in [2.45, 2.75) is 17.9 Å². The maximum absolute atomic E-state index is 12.9. The fraction of sp³-hybridized carbons (Fsp3) is 0.250. The lowest BCUT2D eigenvalue weighted by molar-refractivity contribution is 0.0675. The fourth-order valence-electron chi connectivity index (χ4n) is 1.63. The van der Waals surface area contributed by atoms with Gasteiger partial charge in [-0.15, -0.1) is 16.9 Å². The average molecular weight is 317 g/mol. The van der Waals surface area contributed by atoms with Crippen LogP contribution >= 0.6 is 11.8 Å². The molecule has 1 aromatic carbocycles. The molecule has 0 saturated carbocycles. The molecule has 0 aliphatic heterocycles. The third kappa shape index (κ3) is 3.75. The molecule has 5 nitrogen and oxygen atoms in total. The number of aromatic nitrogens is 3. The van der Waals surface area contributed by atoms with E-state index >= 15 is 0 Å². The first-order valence-electron chi connectivity index (χ1n) is 5.82. The second kappa shape index (κ2) is 6.61. The molecule has 2 aromatic rings. The summed E-state index contributed by atoms with van der Waals surface area (Å²) in [6.45, 7) is 0.0714. The lowest BCUT2D eigenvalue weighted by Crippen LogP contribution is -2.10. The Labute approximate surface area is 121 Å². The number of carboxylic acids is 1. The van der Waals surface area contributed by atoms with E-state index in [4.69, 9.17) is 5.11 Å². The molecule has 112 valence electrons. The van der Waals surface area contributed by atoms with Gasteiger partial charge in [0.2, 0.25) is 0 Å². The van der Waals surface area contributed by atoms with Crippen molar-refractivity contribution in [3.8, 4) is 0 Å². The summed E-state index contributed by atoms with van der Waals surface area (Å²) in [5.41, 5.74) is -1.45. The summed E-state index contributed by atoms with van der Waals surface area (Å²) in [6, 6.07) is 5.73. The number of hydrogen-bond acceptors (Lipinski definition) is 4. The fourth-order valence-corrected chi connectivity index (χ4v) is 2.46. The van der Waals surface area contributed by atoms with Crippen LogP contribution in [-0.2, 0) is 6.54 Å². The van der Waals surface area contributed by atoms with Gasteiger partial charge in [0, 0.05) is 10.6 Å². The zero-order chi connectivity index (χ0) is 15.4. The van der Waals surface area contributed by atoms with Gasteiger partial charge in [-0.05, 0) is 24.3 Å². The average Bonchev–Trinajstić information content (AvgIpc) is 2.85. The van der Waals surface area contributed by atoms with Crippen molar-refractivity contribution < 1.29 is 23.1 Å². The number of alkyl halides is 2. The number of halogens is 3. The third-order valence-electron chi connectivity index (χ3n) is 2.57. The molecule has 21 heavy (non-hydrogen) atoms. The molecule has 0 fully saturated rings. The molecule has 0 radical (unpaired) electrons. The van der Waals surface area contributed by atoms with Crippen LogP contribution < -0.4 is 0 Å². The second-order valence-electron chi connectivity index (χ2n) is 3.95. The third-order valence-corrected chi connectivity index (χ3v) is 3.56. The van der Waals surface area contributed by atoms with Crippen LogP contribution in [0, 0.1) is 5.82 Å². The molecule has 0 amide bonds. The summed E-state index contributed by atoms with van der Waals surface area (Å²) in [5, 5.41) is 15.5. The first-order chi connectivity index (χ1) is 9.99. The van der Waals surface area contributed by atoms with E-state index in [9.17, 15) is 18.0 Å². The van der Waals surface area contributed by atoms with Crippen molar-refractivity contribution in [3.05, 3.63) is 41.5 Å². The standard InChI is InChI=1S/C12H10F3N3O2S/c13-7-1-3-8(4-2-7)21-6-5-18-10(11(14)15)9(12(19)20)16-17-18/h1-4,11H,5-6H2,(H,19,20). The molecule has 0 unspecified atom stereocenters. The van der Waals surface area contributed by atoms with Crippen LogP contribution in [0.3, 0.4) is 0 Å². The van der Waals surface area contributed by atoms with Crippen LogP contribution in [0.1, 0.15) is 22.6 Å². The Balaban J connectivity index is 2.03. The van der Waals surface area contributed by atoms with Crippen LogP contribution in [0.5, 0.6) is 0 Å². The number of aryl methyl sites for hydroxylation is 1. The predicted octanol–water partition coefficient (Wildman–Crippen LogP) is 2.85. The van der Waals surface area contributed by atoms with E-state index in [0.717, 1.165) is 9.58 Å². The minimum Gasteiger partial charge on any atom is -0.476 e. The van der Waals surface area contributed by atoms with Gasteiger partial charge in [-0.3, -0.25) is 0 Å². The monoisotopic (exact) mass is 317 g/mol. The summed E-state index contributed by atoms with van der Waals surface area (Å²) in [5.74, 6) is -1.53. The molecule has 0 aliphatic rings. The number of aromatic carboxylic acids is 1. The Bertz CT molecular complexity index is 631. The number of benzene rings is 1. The van der Waals surface area contributed by atoms with E-state index in [2.05, 4.69) is 10.3 Å². The van der Waals surface area contributed by atoms with Crippen molar-refractivity contribution in [1.29, 1.82) is 0 Å². The molecule has 0 saturated heterocycles. The Morgan fingerprint density at radius 1 is 1.33 bits per heavy atom. The normalized spacial score (nSPS) is 11.0. The number of thioether (sulfide) groups is 1. The minimum atomic E-state index is -2.97. The molecule has 1 heterocycles. The van der Waals surface area contributed by atoms with Crippen molar-refractivity contribution in [2.75, 3.05) is 5.75 Å². The van der Waals surface area contributed by atoms with Crippen molar-refractivity contribution in [2.24, 2.45) is 0 Å². The number of carbonyl (C=O) groups is 1. The van der Waals surface area contributed by atoms with Crippen LogP contribution in [0.4, 0.5) is 13.2 Å². The van der Waals surface area contributed by atoms with Gasteiger partial charge in [0.25, 0.3) is 6.43 Å². The number of rotatable bonds is 6. The first kappa shape index (κ1) is 15.4. The maximum Gasteiger partial charge on any atom is 0.358 e. The summed E-state index contributed by atoms with van der Waals surface area (Å²) in [7, 11) is 0. The first-order valence-corrected chi connectivity index (χ1v) is 6.81. The highest BCUT2D eigenvalue weighted by Crippen LogP contribution is 2.23. The predicted molar refractivity (Wildman–Crippen MR) is 69.1 cm³/mol. The SMILES string of the molecule is O=C(O)c1nnn(CCSc2ccc(F)cc2)c1C(F)F. The van der Waals surface area contributed by atoms with E-state index in [1.807, 2.05) is 0 Å². The topological polar surface area (TPSA) is 68.0 Å². The summed E-state index contributed by atoms with van der Waals surface area (Å²) in [4.78, 5) is 11.5. The Morgan fingerprint density at radius 3 is 2.57 bits per heavy atom. The molecule has 1 N–H and O–H groups in total. The highest BCUT2D eigenvalue weighted by atomic mass is 32.2. The van der Waals surface area contributed by atoms with E-state index in [-0.39, 0.29) is 12.4 Å². The van der Waals surface area contributed by atoms with Crippen molar-refractivity contribution in [1.82, 2.24) is 15.0 Å². The van der Waals surface area contributed by atoms with Gasteiger partial charge in [-0.25, -0.2) is 22.6 Å². The zero-order valence-electron chi connectivity index (χ0n) is 10.5. The van der Waals surface area contributed by atoms with Crippen LogP contribution in [0.25, 0.3) is 0 Å². The smallest absolute Gasteiger partial charge is 0.358 e. The molecule has 0 bridgehead atoms. The number of nitrogens with zero attached hydrogens (tertiary/aromatic N) is 3. The Morgan fingerprint density at radius 2 is 2.00 bits per heavy atom. The summed E-state index contributed by atoms with van der Waals surface area (Å²) >= 11 is 1.31. The van der Waals surface area contributed by atoms with Gasteiger partial charge < -0.3 is 5.11 Å². The number of carboxylic acid groups (broad SMARTS) is 1. The van der Waals surface area contributed by atoms with Crippen molar-refractivity contribution >= 4 is 17.7 Å². The minimum absolute atomic E-state index is 0.0714. The van der Waals surface area contributed by atoms with Gasteiger partial charge in [0.05, 0.1) is 6.54 Å². The lowest BCUT2D eigenvalue weighted by atomic mass is 10.3. The van der Waals surface area contributed by atoms with Crippen LogP contribution in [0.2, 0.25) is 0 Å². The summed E-state index contributed by atoms with van der Waals surface area (Å²) < 4.78 is 39.3. The van der Waals surface area contributed by atoms with Crippen molar-refractivity contribution in [3.63, 3.8) is 0 Å². The van der Waals surface area contributed by atoms with Crippen LogP contribution in [0.15, 0.2) is 29.2 Å². The molecule has 9 heteroatoms. The molecule has 0 aliphatic carbocycles. The van der Waals surface area contributed by atoms with E-state index in [1.165, 1.54) is 23.9 Å². The summed E-state index contributed by atoms with van der Waals surface area (Å²) in [6.07, 6.45) is -2.97. The Hall–Kier alpha value is -2.03. The van der Waals surface area contributed by atoms with Gasteiger partial charge in [-0.2, -0.15) is 0 Å². The Kier molecular flexibility index (Phi) is 4.84. The lowest BCUT2D eigenvalue weighted by Gasteiger charge is -2.06.